The molecule has 3 amide bonds. The smallest absolute Gasteiger partial charge is 0.256 e. The van der Waals surface area contributed by atoms with Gasteiger partial charge < -0.3 is 30.2 Å². The Bertz CT molecular complexity index is 1290. The summed E-state index contributed by atoms with van der Waals surface area (Å²) < 4.78 is 0. The molecule has 3 aliphatic heterocycles. The van der Waals surface area contributed by atoms with Crippen molar-refractivity contribution in [2.24, 2.45) is 0 Å². The third-order valence-electron chi connectivity index (χ3n) is 7.80. The van der Waals surface area contributed by atoms with E-state index in [0.29, 0.717) is 42.8 Å². The number of para-hydroxylation sites is 1. The maximum absolute atomic E-state index is 13.1. The molecule has 2 saturated heterocycles. The Balaban J connectivity index is 1.27. The van der Waals surface area contributed by atoms with Gasteiger partial charge in [0.15, 0.2) is 0 Å². The second kappa shape index (κ2) is 12.4. The van der Waals surface area contributed by atoms with E-state index in [1.54, 1.807) is 12.1 Å². The number of hydrogen-bond donors (Lipinski definition) is 3. The molecule has 3 aliphatic rings. The third-order valence-corrected chi connectivity index (χ3v) is 7.80. The highest BCUT2D eigenvalue weighted by Crippen LogP contribution is 2.31. The highest BCUT2D eigenvalue weighted by Gasteiger charge is 2.26. The average Bonchev–Trinajstić information content (AvgIpc) is 3.58. The van der Waals surface area contributed by atoms with Crippen LogP contribution in [0.2, 0.25) is 0 Å². The van der Waals surface area contributed by atoms with E-state index in [-0.39, 0.29) is 23.8 Å². The van der Waals surface area contributed by atoms with Gasteiger partial charge in [0, 0.05) is 63.5 Å². The van der Waals surface area contributed by atoms with Gasteiger partial charge in [0.05, 0.1) is 23.0 Å². The zero-order valence-corrected chi connectivity index (χ0v) is 23.2. The number of amides is 3. The fraction of sp³-hybridized carbons (Fsp3) is 0.433. The molecule has 3 heterocycles. The van der Waals surface area contributed by atoms with Crippen LogP contribution in [0.15, 0.2) is 54.3 Å². The lowest BCUT2D eigenvalue weighted by Crippen LogP contribution is -2.47. The van der Waals surface area contributed by atoms with Gasteiger partial charge in [-0.25, -0.2) is 0 Å². The van der Waals surface area contributed by atoms with E-state index in [0.717, 1.165) is 44.8 Å². The second-order valence-electron chi connectivity index (χ2n) is 10.6. The van der Waals surface area contributed by atoms with Crippen LogP contribution in [0.1, 0.15) is 42.1 Å². The van der Waals surface area contributed by atoms with Crippen molar-refractivity contribution < 1.29 is 19.2 Å². The minimum absolute atomic E-state index is 0.189. The van der Waals surface area contributed by atoms with Crippen molar-refractivity contribution in [2.75, 3.05) is 60.9 Å². The minimum Gasteiger partial charge on any atom is -0.415 e. The van der Waals surface area contributed by atoms with Gasteiger partial charge in [-0.2, -0.15) is 0 Å². The number of likely N-dealkylation sites (tertiary alicyclic amines) is 1. The molecule has 0 radical (unpaired) electrons. The van der Waals surface area contributed by atoms with Crippen LogP contribution >= 0.6 is 0 Å². The van der Waals surface area contributed by atoms with E-state index in [9.17, 15) is 14.4 Å². The molecule has 2 fully saturated rings. The number of anilines is 3. The van der Waals surface area contributed by atoms with Gasteiger partial charge in [0.25, 0.3) is 11.8 Å². The number of piperazine rings is 1. The van der Waals surface area contributed by atoms with E-state index in [1.807, 2.05) is 17.9 Å². The van der Waals surface area contributed by atoms with Gasteiger partial charge in [0.1, 0.15) is 6.26 Å². The standard InChI is InChI=1S/C30H38N6O4/c1-21-7-3-4-8-26(21)34-15-17-35(18-16-34)27-11-10-23(19-25(27)32-30(39)24-20-40-33-22(24)2)29(38)31-12-6-14-36-13-5-9-28(36)37/h3-4,7-8,10-11,19-20,22,33H,5-6,9,12-18H2,1-2H3,(H,31,38)(H,32,39). The average molecular weight is 547 g/mol. The SMILES string of the molecule is Cc1ccccc1N1CCN(c2ccc(C(=O)NCCCN3CCCC3=O)cc2NC(=O)C2=CONC2C)CC1. The van der Waals surface area contributed by atoms with E-state index < -0.39 is 0 Å². The molecule has 10 nitrogen and oxygen atoms in total. The maximum atomic E-state index is 13.1. The van der Waals surface area contributed by atoms with Crippen molar-refractivity contribution in [3.63, 3.8) is 0 Å². The Labute approximate surface area is 235 Å². The van der Waals surface area contributed by atoms with Gasteiger partial charge in [-0.1, -0.05) is 18.2 Å². The molecular formula is C30H38N6O4. The Morgan fingerprint density at radius 2 is 1.75 bits per heavy atom. The molecule has 0 spiro atoms. The van der Waals surface area contributed by atoms with Crippen molar-refractivity contribution in [3.8, 4) is 0 Å². The summed E-state index contributed by atoms with van der Waals surface area (Å²) in [5.74, 6) is -0.294. The molecule has 1 atom stereocenters. The largest absolute Gasteiger partial charge is 0.415 e. The number of rotatable bonds is 9. The molecular weight excluding hydrogens is 508 g/mol. The summed E-state index contributed by atoms with van der Waals surface area (Å²) in [5.41, 5.74) is 7.68. The quantitative estimate of drug-likeness (QED) is 0.416. The molecule has 0 saturated carbocycles. The number of nitrogens with zero attached hydrogens (tertiary/aromatic N) is 3. The van der Waals surface area contributed by atoms with Gasteiger partial charge >= 0.3 is 0 Å². The normalized spacial score (nSPS) is 18.9. The van der Waals surface area contributed by atoms with Crippen molar-refractivity contribution in [1.82, 2.24) is 15.7 Å². The first-order chi connectivity index (χ1) is 19.4. The van der Waals surface area contributed by atoms with Crippen LogP contribution in [0, 0.1) is 6.92 Å². The molecule has 3 N–H and O–H groups in total. The molecule has 2 aromatic carbocycles. The lowest BCUT2D eigenvalue weighted by atomic mass is 10.1. The molecule has 1 unspecified atom stereocenters. The Morgan fingerprint density at radius 3 is 2.42 bits per heavy atom. The van der Waals surface area contributed by atoms with Crippen molar-refractivity contribution in [1.29, 1.82) is 0 Å². The van der Waals surface area contributed by atoms with Gasteiger partial charge in [-0.3, -0.25) is 14.4 Å². The van der Waals surface area contributed by atoms with Crippen LogP contribution in [0.4, 0.5) is 17.1 Å². The first kappa shape index (κ1) is 27.5. The molecule has 10 heteroatoms. The zero-order chi connectivity index (χ0) is 28.1. The van der Waals surface area contributed by atoms with E-state index in [2.05, 4.69) is 57.1 Å². The number of aryl methyl sites for hydroxylation is 1. The summed E-state index contributed by atoms with van der Waals surface area (Å²) in [6.07, 6.45) is 3.64. The summed E-state index contributed by atoms with van der Waals surface area (Å²) in [7, 11) is 0. The van der Waals surface area contributed by atoms with Crippen LogP contribution in [-0.4, -0.2) is 74.5 Å². The molecule has 40 heavy (non-hydrogen) atoms. The van der Waals surface area contributed by atoms with Gasteiger partial charge in [-0.15, -0.1) is 5.48 Å². The summed E-state index contributed by atoms with van der Waals surface area (Å²) in [6.45, 7) is 9.15. The van der Waals surface area contributed by atoms with Gasteiger partial charge in [-0.05, 0) is 56.5 Å². The number of carbonyl (C=O) groups is 3. The lowest BCUT2D eigenvalue weighted by molar-refractivity contribution is -0.127. The highest BCUT2D eigenvalue weighted by atomic mass is 16.6. The van der Waals surface area contributed by atoms with Crippen LogP contribution in [0.3, 0.4) is 0 Å². The molecule has 0 aromatic heterocycles. The van der Waals surface area contributed by atoms with E-state index in [4.69, 9.17) is 4.84 Å². The van der Waals surface area contributed by atoms with Crippen LogP contribution in [-0.2, 0) is 14.4 Å². The molecule has 2 aromatic rings. The van der Waals surface area contributed by atoms with E-state index >= 15 is 0 Å². The number of hydroxylamine groups is 1. The number of nitrogens with one attached hydrogen (secondary N) is 3. The van der Waals surface area contributed by atoms with Crippen LogP contribution in [0.25, 0.3) is 0 Å². The van der Waals surface area contributed by atoms with E-state index in [1.165, 1.54) is 17.5 Å². The highest BCUT2D eigenvalue weighted by molar-refractivity contribution is 6.07. The minimum atomic E-state index is -0.273. The van der Waals surface area contributed by atoms with Gasteiger partial charge in [0.2, 0.25) is 5.91 Å². The first-order valence-electron chi connectivity index (χ1n) is 14.1. The summed E-state index contributed by atoms with van der Waals surface area (Å²) >= 11 is 0. The lowest BCUT2D eigenvalue weighted by Gasteiger charge is -2.38. The third kappa shape index (κ3) is 6.22. The molecule has 0 bridgehead atoms. The fourth-order valence-corrected chi connectivity index (χ4v) is 5.48. The fourth-order valence-electron chi connectivity index (χ4n) is 5.48. The van der Waals surface area contributed by atoms with Crippen molar-refractivity contribution in [3.05, 3.63) is 65.4 Å². The predicted octanol–water partition coefficient (Wildman–Crippen LogP) is 2.81. The first-order valence-corrected chi connectivity index (χ1v) is 14.1. The van der Waals surface area contributed by atoms with Crippen LogP contribution in [0.5, 0.6) is 0 Å². The zero-order valence-electron chi connectivity index (χ0n) is 23.2. The monoisotopic (exact) mass is 546 g/mol. The number of carbonyl (C=O) groups excluding carboxylic acids is 3. The van der Waals surface area contributed by atoms with Crippen molar-refractivity contribution >= 4 is 34.8 Å². The molecule has 5 rings (SSSR count). The predicted molar refractivity (Wildman–Crippen MR) is 155 cm³/mol. The number of hydrogen-bond acceptors (Lipinski definition) is 7. The summed E-state index contributed by atoms with van der Waals surface area (Å²) in [4.78, 5) is 49.5. The Hall–Kier alpha value is -4.05. The molecule has 0 aliphatic carbocycles. The Morgan fingerprint density at radius 1 is 1.00 bits per heavy atom. The van der Waals surface area contributed by atoms with Crippen LogP contribution < -0.4 is 25.9 Å². The summed E-state index contributed by atoms with van der Waals surface area (Å²) in [6, 6.07) is 13.6. The Kier molecular flexibility index (Phi) is 8.54. The summed E-state index contributed by atoms with van der Waals surface area (Å²) in [5, 5.41) is 5.99. The number of benzene rings is 2. The topological polar surface area (TPSA) is 106 Å². The molecule has 212 valence electrons. The second-order valence-corrected chi connectivity index (χ2v) is 10.6. The maximum Gasteiger partial charge on any atom is 0.256 e. The van der Waals surface area contributed by atoms with Crippen molar-refractivity contribution in [2.45, 2.75) is 39.2 Å².